The van der Waals surface area contributed by atoms with Crippen molar-refractivity contribution < 1.29 is 0 Å². The zero-order valence-corrected chi connectivity index (χ0v) is 10.9. The Labute approximate surface area is 102 Å². The summed E-state index contributed by atoms with van der Waals surface area (Å²) in [6, 6.07) is 0. The van der Waals surface area contributed by atoms with Crippen molar-refractivity contribution in [2.75, 3.05) is 17.7 Å². The van der Waals surface area contributed by atoms with Gasteiger partial charge in [-0.3, -0.25) is 0 Å². The van der Waals surface area contributed by atoms with E-state index < -0.39 is 0 Å². The highest BCUT2D eigenvalue weighted by atomic mass is 35.5. The minimum atomic E-state index is 0.404. The lowest BCUT2D eigenvalue weighted by atomic mass is 10.2. The molecule has 90 valence electrons. The molecule has 5 heteroatoms. The van der Waals surface area contributed by atoms with Gasteiger partial charge in [-0.15, -0.1) is 16.7 Å². The molecule has 0 saturated carbocycles. The molecule has 1 rings (SSSR count). The fourth-order valence-corrected chi connectivity index (χ4v) is 1.44. The van der Waals surface area contributed by atoms with E-state index in [2.05, 4.69) is 41.3 Å². The Hall–Kier alpha value is -0.900. The zero-order chi connectivity index (χ0) is 12.0. The van der Waals surface area contributed by atoms with Crippen molar-refractivity contribution in [3.05, 3.63) is 11.4 Å². The summed E-state index contributed by atoms with van der Waals surface area (Å²) < 4.78 is 0. The molecule has 0 aliphatic heterocycles. The standard InChI is InChI=1S/C11H19ClN4/c1-4-9-10(5-2)15-16-11(14-9)13-7-8(3)6-12/h8H,4-7H2,1-3H3,(H,13,14,16). The molecule has 0 fully saturated rings. The summed E-state index contributed by atoms with van der Waals surface area (Å²) in [5, 5.41) is 11.4. The van der Waals surface area contributed by atoms with E-state index in [-0.39, 0.29) is 0 Å². The van der Waals surface area contributed by atoms with Gasteiger partial charge < -0.3 is 5.32 Å². The van der Waals surface area contributed by atoms with E-state index in [4.69, 9.17) is 11.6 Å². The summed E-state index contributed by atoms with van der Waals surface area (Å²) >= 11 is 5.73. The molecule has 16 heavy (non-hydrogen) atoms. The number of aromatic nitrogens is 3. The Morgan fingerprint density at radius 1 is 1.19 bits per heavy atom. The Morgan fingerprint density at radius 3 is 2.44 bits per heavy atom. The summed E-state index contributed by atoms with van der Waals surface area (Å²) in [5.41, 5.74) is 2.01. The second kappa shape index (κ2) is 6.63. The van der Waals surface area contributed by atoms with Crippen LogP contribution < -0.4 is 5.32 Å². The van der Waals surface area contributed by atoms with Gasteiger partial charge in [0, 0.05) is 12.4 Å². The van der Waals surface area contributed by atoms with Crippen LogP contribution in [-0.2, 0) is 12.8 Å². The highest BCUT2D eigenvalue weighted by Gasteiger charge is 2.06. The largest absolute Gasteiger partial charge is 0.353 e. The number of aryl methyl sites for hydroxylation is 2. The zero-order valence-electron chi connectivity index (χ0n) is 10.1. The van der Waals surface area contributed by atoms with Gasteiger partial charge in [-0.1, -0.05) is 20.8 Å². The minimum Gasteiger partial charge on any atom is -0.353 e. The van der Waals surface area contributed by atoms with Crippen LogP contribution in [0, 0.1) is 5.92 Å². The van der Waals surface area contributed by atoms with Crippen molar-refractivity contribution in [3.63, 3.8) is 0 Å². The van der Waals surface area contributed by atoms with Gasteiger partial charge in [-0.25, -0.2) is 4.98 Å². The Kier molecular flexibility index (Phi) is 5.46. The van der Waals surface area contributed by atoms with Crippen molar-refractivity contribution in [2.45, 2.75) is 33.6 Å². The van der Waals surface area contributed by atoms with Crippen LogP contribution in [0.3, 0.4) is 0 Å². The fourth-order valence-electron chi connectivity index (χ4n) is 1.33. The lowest BCUT2D eigenvalue weighted by Crippen LogP contribution is -2.16. The molecular weight excluding hydrogens is 224 g/mol. The molecule has 0 aromatic carbocycles. The lowest BCUT2D eigenvalue weighted by Gasteiger charge is -2.10. The highest BCUT2D eigenvalue weighted by molar-refractivity contribution is 6.18. The van der Waals surface area contributed by atoms with Crippen molar-refractivity contribution >= 4 is 17.5 Å². The van der Waals surface area contributed by atoms with E-state index in [9.17, 15) is 0 Å². The number of anilines is 1. The molecule has 1 unspecified atom stereocenters. The maximum absolute atomic E-state index is 5.73. The van der Waals surface area contributed by atoms with E-state index in [1.165, 1.54) is 0 Å². The number of halogens is 1. The molecule has 1 heterocycles. The molecule has 1 atom stereocenters. The molecule has 1 aromatic heterocycles. The first-order valence-corrected chi connectivity index (χ1v) is 6.26. The molecule has 4 nitrogen and oxygen atoms in total. The fraction of sp³-hybridized carbons (Fsp3) is 0.727. The van der Waals surface area contributed by atoms with E-state index in [0.29, 0.717) is 17.7 Å². The third-order valence-corrected chi connectivity index (χ3v) is 2.91. The minimum absolute atomic E-state index is 0.404. The SMILES string of the molecule is CCc1nnc(NCC(C)CCl)nc1CC. The molecule has 0 aliphatic rings. The number of rotatable bonds is 6. The third kappa shape index (κ3) is 3.59. The summed E-state index contributed by atoms with van der Waals surface area (Å²) in [5.74, 6) is 1.64. The third-order valence-electron chi connectivity index (χ3n) is 2.38. The molecule has 0 aliphatic carbocycles. The number of nitrogens with zero attached hydrogens (tertiary/aromatic N) is 3. The quantitative estimate of drug-likeness (QED) is 0.778. The first kappa shape index (κ1) is 13.2. The van der Waals surface area contributed by atoms with E-state index >= 15 is 0 Å². The van der Waals surface area contributed by atoms with Gasteiger partial charge in [-0.2, -0.15) is 5.10 Å². The second-order valence-electron chi connectivity index (χ2n) is 3.88. The normalized spacial score (nSPS) is 12.5. The first-order valence-electron chi connectivity index (χ1n) is 5.73. The van der Waals surface area contributed by atoms with Crippen LogP contribution in [0.15, 0.2) is 0 Å². The van der Waals surface area contributed by atoms with Crippen LogP contribution in [0.5, 0.6) is 0 Å². The number of hydrogen-bond acceptors (Lipinski definition) is 4. The molecular formula is C11H19ClN4. The Balaban J connectivity index is 2.67. The van der Waals surface area contributed by atoms with Crippen LogP contribution >= 0.6 is 11.6 Å². The Morgan fingerprint density at radius 2 is 1.88 bits per heavy atom. The van der Waals surface area contributed by atoms with Crippen LogP contribution in [0.2, 0.25) is 0 Å². The summed E-state index contributed by atoms with van der Waals surface area (Å²) in [4.78, 5) is 4.44. The number of alkyl halides is 1. The van der Waals surface area contributed by atoms with Gasteiger partial charge in [0.15, 0.2) is 0 Å². The number of nitrogens with one attached hydrogen (secondary N) is 1. The number of hydrogen-bond donors (Lipinski definition) is 1. The van der Waals surface area contributed by atoms with Crippen molar-refractivity contribution in [2.24, 2.45) is 5.92 Å². The summed E-state index contributed by atoms with van der Waals surface area (Å²) in [6.45, 7) is 7.00. The van der Waals surface area contributed by atoms with Crippen molar-refractivity contribution in [1.82, 2.24) is 15.2 Å². The second-order valence-corrected chi connectivity index (χ2v) is 4.18. The smallest absolute Gasteiger partial charge is 0.242 e. The van der Waals surface area contributed by atoms with Gasteiger partial charge in [0.25, 0.3) is 0 Å². The molecule has 1 aromatic rings. The molecule has 0 amide bonds. The maximum atomic E-state index is 5.73. The van der Waals surface area contributed by atoms with Gasteiger partial charge >= 0.3 is 0 Å². The monoisotopic (exact) mass is 242 g/mol. The predicted octanol–water partition coefficient (Wildman–Crippen LogP) is 2.28. The summed E-state index contributed by atoms with van der Waals surface area (Å²) in [6.07, 6.45) is 1.76. The average Bonchev–Trinajstić information content (AvgIpc) is 2.35. The van der Waals surface area contributed by atoms with Crippen LogP contribution in [0.4, 0.5) is 5.95 Å². The first-order chi connectivity index (χ1) is 7.71. The van der Waals surface area contributed by atoms with Gasteiger partial charge in [0.1, 0.15) is 0 Å². The highest BCUT2D eigenvalue weighted by Crippen LogP contribution is 2.07. The molecule has 0 saturated heterocycles. The Bertz CT molecular complexity index is 330. The average molecular weight is 243 g/mol. The topological polar surface area (TPSA) is 50.7 Å². The lowest BCUT2D eigenvalue weighted by molar-refractivity contribution is 0.686. The van der Waals surface area contributed by atoms with Crippen molar-refractivity contribution in [3.8, 4) is 0 Å². The summed E-state index contributed by atoms with van der Waals surface area (Å²) in [7, 11) is 0. The van der Waals surface area contributed by atoms with Crippen LogP contribution in [-0.4, -0.2) is 27.6 Å². The maximum Gasteiger partial charge on any atom is 0.242 e. The molecule has 0 spiro atoms. The molecule has 0 radical (unpaired) electrons. The van der Waals surface area contributed by atoms with E-state index in [1.807, 2.05) is 0 Å². The predicted molar refractivity (Wildman–Crippen MR) is 67.0 cm³/mol. The van der Waals surface area contributed by atoms with E-state index in [0.717, 1.165) is 30.8 Å². The van der Waals surface area contributed by atoms with Crippen molar-refractivity contribution in [1.29, 1.82) is 0 Å². The van der Waals surface area contributed by atoms with E-state index in [1.54, 1.807) is 0 Å². The molecule has 0 bridgehead atoms. The van der Waals surface area contributed by atoms with Crippen LogP contribution in [0.25, 0.3) is 0 Å². The van der Waals surface area contributed by atoms with Crippen LogP contribution in [0.1, 0.15) is 32.2 Å². The molecule has 1 N–H and O–H groups in total. The van der Waals surface area contributed by atoms with Gasteiger partial charge in [0.05, 0.1) is 11.4 Å². The van der Waals surface area contributed by atoms with Gasteiger partial charge in [-0.05, 0) is 18.8 Å². The van der Waals surface area contributed by atoms with Gasteiger partial charge in [0.2, 0.25) is 5.95 Å².